The monoisotopic (exact) mass is 366 g/mol. The van der Waals surface area contributed by atoms with Crippen LogP contribution in [0.1, 0.15) is 44.1 Å². The van der Waals surface area contributed by atoms with Crippen LogP contribution in [0.3, 0.4) is 0 Å². The highest BCUT2D eigenvalue weighted by Gasteiger charge is 2.29. The topological polar surface area (TPSA) is 32.8 Å². The molecule has 2 aliphatic rings. The van der Waals surface area contributed by atoms with Crippen LogP contribution in [0.2, 0.25) is 0 Å². The molecule has 4 heteroatoms. The molecule has 1 saturated heterocycles. The van der Waals surface area contributed by atoms with Crippen molar-refractivity contribution in [3.8, 4) is 5.75 Å². The van der Waals surface area contributed by atoms with Gasteiger partial charge in [0.2, 0.25) is 5.91 Å². The van der Waals surface area contributed by atoms with Crippen LogP contribution in [0.15, 0.2) is 36.4 Å². The maximum atomic E-state index is 13.1. The van der Waals surface area contributed by atoms with E-state index in [1.807, 2.05) is 19.1 Å². The number of rotatable bonds is 4. The maximum Gasteiger partial charge on any atom is 0.229 e. The van der Waals surface area contributed by atoms with Crippen molar-refractivity contribution in [1.29, 1.82) is 0 Å². The quantitative estimate of drug-likeness (QED) is 0.819. The summed E-state index contributed by atoms with van der Waals surface area (Å²) >= 11 is 0. The summed E-state index contributed by atoms with van der Waals surface area (Å²) in [6.45, 7) is 5.83. The number of benzene rings is 2. The van der Waals surface area contributed by atoms with Crippen LogP contribution in [-0.4, -0.2) is 55.0 Å². The molecule has 1 saturated carbocycles. The molecule has 0 bridgehead atoms. The van der Waals surface area contributed by atoms with Crippen LogP contribution in [0, 0.1) is 0 Å². The van der Waals surface area contributed by atoms with E-state index in [2.05, 4.69) is 34.1 Å². The summed E-state index contributed by atoms with van der Waals surface area (Å²) < 4.78 is 5.30. The van der Waals surface area contributed by atoms with Gasteiger partial charge >= 0.3 is 0 Å². The van der Waals surface area contributed by atoms with E-state index >= 15 is 0 Å². The van der Waals surface area contributed by atoms with Crippen LogP contribution in [0.25, 0.3) is 10.8 Å². The molecule has 2 aromatic rings. The van der Waals surface area contributed by atoms with E-state index in [1.165, 1.54) is 25.7 Å². The predicted molar refractivity (Wildman–Crippen MR) is 109 cm³/mol. The lowest BCUT2D eigenvalue weighted by atomic mass is 9.96. The van der Waals surface area contributed by atoms with E-state index in [-0.39, 0.29) is 11.8 Å². The van der Waals surface area contributed by atoms with Crippen molar-refractivity contribution in [2.45, 2.75) is 44.6 Å². The summed E-state index contributed by atoms with van der Waals surface area (Å²) in [5, 5.41) is 2.29. The molecule has 1 aliphatic heterocycles. The molecule has 1 amide bonds. The highest BCUT2D eigenvalue weighted by Crippen LogP contribution is 2.28. The minimum atomic E-state index is -0.102. The zero-order valence-electron chi connectivity index (χ0n) is 16.5. The number of methoxy groups -OCH3 is 1. The number of carbonyl (C=O) groups is 1. The van der Waals surface area contributed by atoms with E-state index in [1.54, 1.807) is 7.11 Å². The van der Waals surface area contributed by atoms with Crippen molar-refractivity contribution < 1.29 is 9.53 Å². The Bertz CT molecular complexity index is 805. The first-order chi connectivity index (χ1) is 13.2. The third kappa shape index (κ3) is 3.81. The lowest BCUT2D eigenvalue weighted by molar-refractivity contribution is -0.134. The van der Waals surface area contributed by atoms with Crippen molar-refractivity contribution in [2.75, 3.05) is 33.3 Å². The Morgan fingerprint density at radius 1 is 1.00 bits per heavy atom. The molecule has 0 radical (unpaired) electrons. The molecule has 0 N–H and O–H groups in total. The largest absolute Gasteiger partial charge is 0.497 e. The van der Waals surface area contributed by atoms with Crippen molar-refractivity contribution in [3.63, 3.8) is 0 Å². The predicted octanol–water partition coefficient (Wildman–Crippen LogP) is 4.04. The molecule has 2 fully saturated rings. The van der Waals surface area contributed by atoms with Crippen molar-refractivity contribution in [2.24, 2.45) is 0 Å². The summed E-state index contributed by atoms with van der Waals surface area (Å²) in [4.78, 5) is 17.7. The van der Waals surface area contributed by atoms with Crippen LogP contribution in [0.4, 0.5) is 0 Å². The summed E-state index contributed by atoms with van der Waals surface area (Å²) in [5.74, 6) is 1.02. The first-order valence-corrected chi connectivity index (χ1v) is 10.3. The lowest BCUT2D eigenvalue weighted by Gasteiger charge is -2.39. The molecule has 1 atom stereocenters. The van der Waals surface area contributed by atoms with E-state index in [0.717, 1.165) is 54.3 Å². The summed E-state index contributed by atoms with van der Waals surface area (Å²) in [7, 11) is 1.68. The van der Waals surface area contributed by atoms with Gasteiger partial charge in [-0.05, 0) is 48.2 Å². The fourth-order valence-corrected chi connectivity index (χ4v) is 4.63. The average Bonchev–Trinajstić information content (AvgIpc) is 3.27. The molecule has 0 spiro atoms. The number of hydrogen-bond acceptors (Lipinski definition) is 3. The minimum absolute atomic E-state index is 0.102. The molecule has 0 unspecified atom stereocenters. The average molecular weight is 367 g/mol. The Hall–Kier alpha value is -2.07. The molecule has 4 nitrogen and oxygen atoms in total. The Morgan fingerprint density at radius 2 is 1.67 bits per heavy atom. The SMILES string of the molecule is COc1ccc2cc([C@H](C)C(=O)N3CCN(C4CCCC4)CC3)ccc2c1. The van der Waals surface area contributed by atoms with Crippen molar-refractivity contribution in [3.05, 3.63) is 42.0 Å². The van der Waals surface area contributed by atoms with Gasteiger partial charge in [-0.25, -0.2) is 0 Å². The van der Waals surface area contributed by atoms with Gasteiger partial charge in [-0.1, -0.05) is 37.1 Å². The fourth-order valence-electron chi connectivity index (χ4n) is 4.63. The molecule has 4 rings (SSSR count). The van der Waals surface area contributed by atoms with E-state index in [9.17, 15) is 4.79 Å². The Balaban J connectivity index is 1.42. The highest BCUT2D eigenvalue weighted by molar-refractivity contribution is 5.88. The summed E-state index contributed by atoms with van der Waals surface area (Å²) in [6.07, 6.45) is 5.42. The zero-order valence-corrected chi connectivity index (χ0v) is 16.5. The number of ether oxygens (including phenoxy) is 1. The lowest BCUT2D eigenvalue weighted by Crippen LogP contribution is -2.52. The molecule has 0 aromatic heterocycles. The highest BCUT2D eigenvalue weighted by atomic mass is 16.5. The molecule has 2 aromatic carbocycles. The number of carbonyl (C=O) groups excluding carboxylic acids is 1. The number of fused-ring (bicyclic) bond motifs is 1. The third-order valence-electron chi connectivity index (χ3n) is 6.41. The van der Waals surface area contributed by atoms with Crippen molar-refractivity contribution in [1.82, 2.24) is 9.80 Å². The van der Waals surface area contributed by atoms with Gasteiger partial charge in [-0.3, -0.25) is 9.69 Å². The second kappa shape index (κ2) is 7.89. The molecular formula is C23H30N2O2. The molecule has 1 aliphatic carbocycles. The second-order valence-corrected chi connectivity index (χ2v) is 7.99. The Labute approximate surface area is 162 Å². The Morgan fingerprint density at radius 3 is 2.37 bits per heavy atom. The van der Waals surface area contributed by atoms with E-state index in [0.29, 0.717) is 0 Å². The first kappa shape index (κ1) is 18.3. The van der Waals surface area contributed by atoms with Gasteiger partial charge in [-0.2, -0.15) is 0 Å². The van der Waals surface area contributed by atoms with Gasteiger partial charge in [-0.15, -0.1) is 0 Å². The van der Waals surface area contributed by atoms with Crippen LogP contribution in [0.5, 0.6) is 5.75 Å². The van der Waals surface area contributed by atoms with Gasteiger partial charge in [0.05, 0.1) is 13.0 Å². The molecule has 1 heterocycles. The van der Waals surface area contributed by atoms with E-state index in [4.69, 9.17) is 4.74 Å². The summed E-state index contributed by atoms with van der Waals surface area (Å²) in [6, 6.07) is 13.2. The van der Waals surface area contributed by atoms with Gasteiger partial charge in [0.1, 0.15) is 5.75 Å². The second-order valence-electron chi connectivity index (χ2n) is 7.99. The standard InChI is InChI=1S/C23H30N2O2/c1-17(18-7-8-20-16-22(27-2)10-9-19(20)15-18)23(26)25-13-11-24(12-14-25)21-5-3-4-6-21/h7-10,15-17,21H,3-6,11-14H2,1-2H3/t17-/m0/s1. The number of amides is 1. The third-order valence-corrected chi connectivity index (χ3v) is 6.41. The Kier molecular flexibility index (Phi) is 5.35. The van der Waals surface area contributed by atoms with Gasteiger partial charge in [0.15, 0.2) is 0 Å². The van der Waals surface area contributed by atoms with Crippen LogP contribution in [-0.2, 0) is 4.79 Å². The minimum Gasteiger partial charge on any atom is -0.497 e. The van der Waals surface area contributed by atoms with Gasteiger partial charge < -0.3 is 9.64 Å². The molecular weight excluding hydrogens is 336 g/mol. The van der Waals surface area contributed by atoms with Crippen LogP contribution < -0.4 is 4.74 Å². The fraction of sp³-hybridized carbons (Fsp3) is 0.522. The normalized spacial score (nSPS) is 20.1. The first-order valence-electron chi connectivity index (χ1n) is 10.3. The van der Waals surface area contributed by atoms with Crippen molar-refractivity contribution >= 4 is 16.7 Å². The molecule has 144 valence electrons. The number of piperazine rings is 1. The zero-order chi connectivity index (χ0) is 18.8. The van der Waals surface area contributed by atoms with Gasteiger partial charge in [0, 0.05) is 32.2 Å². The maximum absolute atomic E-state index is 13.1. The van der Waals surface area contributed by atoms with Gasteiger partial charge in [0.25, 0.3) is 0 Å². The number of nitrogens with zero attached hydrogens (tertiary/aromatic N) is 2. The molecule has 27 heavy (non-hydrogen) atoms. The smallest absolute Gasteiger partial charge is 0.229 e. The number of hydrogen-bond donors (Lipinski definition) is 0. The van der Waals surface area contributed by atoms with E-state index < -0.39 is 0 Å². The summed E-state index contributed by atoms with van der Waals surface area (Å²) in [5.41, 5.74) is 1.09. The van der Waals surface area contributed by atoms with Crippen LogP contribution >= 0.6 is 0 Å².